The van der Waals surface area contributed by atoms with Gasteiger partial charge in [-0.2, -0.15) is 0 Å². The Balaban J connectivity index is 2.07. The van der Waals surface area contributed by atoms with E-state index in [2.05, 4.69) is 14.5 Å². The van der Waals surface area contributed by atoms with Crippen molar-refractivity contribution in [2.24, 2.45) is 0 Å². The molecule has 0 aliphatic rings. The Morgan fingerprint density at radius 3 is 3.08 bits per heavy atom. The maximum Gasteiger partial charge on any atom is 0.0842 e. The zero-order valence-corrected chi connectivity index (χ0v) is 7.07. The van der Waals surface area contributed by atoms with Crippen LogP contribution in [-0.4, -0.2) is 30.4 Å². The van der Waals surface area contributed by atoms with Crippen LogP contribution in [0.25, 0.3) is 0 Å². The molecule has 1 aromatic rings. The van der Waals surface area contributed by atoms with E-state index in [9.17, 15) is 8.76 Å². The molecule has 0 aromatic carbocycles. The predicted molar refractivity (Wildman–Crippen MR) is 39.5 cm³/mol. The Morgan fingerprint density at radius 1 is 1.67 bits per heavy atom. The van der Waals surface area contributed by atoms with Gasteiger partial charge in [-0.25, -0.2) is 4.21 Å². The highest BCUT2D eigenvalue weighted by atomic mass is 32.2. The predicted octanol–water partition coefficient (Wildman–Crippen LogP) is -0.521. The van der Waals surface area contributed by atoms with E-state index in [-0.39, 0.29) is 6.61 Å². The van der Waals surface area contributed by atoms with E-state index in [1.54, 1.807) is 17.1 Å². The Hall–Kier alpha value is -0.790. The van der Waals surface area contributed by atoms with Crippen molar-refractivity contribution in [1.82, 2.24) is 15.0 Å². The minimum absolute atomic E-state index is 0.177. The van der Waals surface area contributed by atoms with Crippen LogP contribution in [0.2, 0.25) is 0 Å². The molecule has 0 N–H and O–H groups in total. The monoisotopic (exact) mass is 190 g/mol. The molecule has 12 heavy (non-hydrogen) atoms. The molecule has 0 saturated carbocycles. The van der Waals surface area contributed by atoms with Crippen molar-refractivity contribution < 1.29 is 12.9 Å². The topological polar surface area (TPSA) is 80.1 Å². The molecule has 0 spiro atoms. The van der Waals surface area contributed by atoms with Gasteiger partial charge in [0.05, 0.1) is 24.2 Å². The summed E-state index contributed by atoms with van der Waals surface area (Å²) < 4.78 is 25.7. The van der Waals surface area contributed by atoms with Crippen LogP contribution in [0.1, 0.15) is 6.42 Å². The summed E-state index contributed by atoms with van der Waals surface area (Å²) in [6, 6.07) is 0. The number of rotatable bonds is 5. The van der Waals surface area contributed by atoms with Gasteiger partial charge in [-0.1, -0.05) is 5.21 Å². The zero-order chi connectivity index (χ0) is 8.81. The Bertz CT molecular complexity index is 238. The fraction of sp³-hybridized carbons (Fsp3) is 0.600. The maximum absolute atomic E-state index is 9.90. The molecule has 7 heteroatoms. The lowest BCUT2D eigenvalue weighted by molar-refractivity contribution is 0.286. The summed E-state index contributed by atoms with van der Waals surface area (Å²) in [6.45, 7) is 0.785. The van der Waals surface area contributed by atoms with Gasteiger partial charge in [0.25, 0.3) is 0 Å². The summed E-state index contributed by atoms with van der Waals surface area (Å²) in [7, 11) is 0. The SMILES string of the molecule is O=S([O-])OCCCn1ccnn1. The highest BCUT2D eigenvalue weighted by Crippen LogP contribution is 1.89. The van der Waals surface area contributed by atoms with Crippen LogP contribution in [0.3, 0.4) is 0 Å². The first kappa shape index (κ1) is 9.30. The molecule has 1 rings (SSSR count). The second-order valence-corrected chi connectivity index (χ2v) is 2.69. The Morgan fingerprint density at radius 2 is 2.50 bits per heavy atom. The van der Waals surface area contributed by atoms with Gasteiger partial charge in [0.15, 0.2) is 0 Å². The number of nitrogens with zero attached hydrogens (tertiary/aromatic N) is 3. The van der Waals surface area contributed by atoms with Crippen LogP contribution in [-0.2, 0) is 22.1 Å². The average Bonchev–Trinajstić information content (AvgIpc) is 2.49. The number of aryl methyl sites for hydroxylation is 1. The molecule has 0 aliphatic heterocycles. The van der Waals surface area contributed by atoms with Crippen molar-refractivity contribution in [1.29, 1.82) is 0 Å². The van der Waals surface area contributed by atoms with Gasteiger partial charge < -0.3 is 8.74 Å². The molecule has 1 aromatic heterocycles. The molecule has 0 aliphatic carbocycles. The second kappa shape index (κ2) is 4.96. The summed E-state index contributed by atoms with van der Waals surface area (Å²) in [6.07, 6.45) is 3.86. The van der Waals surface area contributed by atoms with E-state index in [4.69, 9.17) is 0 Å². The van der Waals surface area contributed by atoms with Gasteiger partial charge in [0, 0.05) is 12.7 Å². The van der Waals surface area contributed by atoms with Gasteiger partial charge >= 0.3 is 0 Å². The molecule has 68 valence electrons. The minimum Gasteiger partial charge on any atom is -0.750 e. The molecule has 6 nitrogen and oxygen atoms in total. The highest BCUT2D eigenvalue weighted by molar-refractivity contribution is 7.74. The van der Waals surface area contributed by atoms with Crippen molar-refractivity contribution in [3.05, 3.63) is 12.4 Å². The molecular weight excluding hydrogens is 182 g/mol. The zero-order valence-electron chi connectivity index (χ0n) is 6.25. The second-order valence-electron chi connectivity index (χ2n) is 2.05. The van der Waals surface area contributed by atoms with Crippen molar-refractivity contribution >= 4 is 11.4 Å². The van der Waals surface area contributed by atoms with E-state index in [1.807, 2.05) is 0 Å². The lowest BCUT2D eigenvalue weighted by Crippen LogP contribution is -2.04. The first-order valence-corrected chi connectivity index (χ1v) is 4.35. The van der Waals surface area contributed by atoms with Crippen LogP contribution < -0.4 is 0 Å². The molecule has 0 saturated heterocycles. The number of hydrogen-bond acceptors (Lipinski definition) is 5. The Kier molecular flexibility index (Phi) is 3.85. The van der Waals surface area contributed by atoms with Gasteiger partial charge in [-0.05, 0) is 6.42 Å². The van der Waals surface area contributed by atoms with Crippen molar-refractivity contribution in [3.63, 3.8) is 0 Å². The fourth-order valence-electron chi connectivity index (χ4n) is 0.705. The summed E-state index contributed by atoms with van der Waals surface area (Å²) in [4.78, 5) is 0. The smallest absolute Gasteiger partial charge is 0.0842 e. The van der Waals surface area contributed by atoms with Crippen molar-refractivity contribution in [2.45, 2.75) is 13.0 Å². The fourth-order valence-corrected chi connectivity index (χ4v) is 0.959. The molecule has 0 bridgehead atoms. The van der Waals surface area contributed by atoms with Gasteiger partial charge in [0.1, 0.15) is 0 Å². The third-order valence-corrected chi connectivity index (χ3v) is 1.54. The molecular formula is C5H8N3O3S-. The van der Waals surface area contributed by atoms with Crippen LogP contribution >= 0.6 is 0 Å². The summed E-state index contributed by atoms with van der Waals surface area (Å²) in [5.41, 5.74) is 0. The molecule has 0 fully saturated rings. The first-order valence-electron chi connectivity index (χ1n) is 3.35. The molecule has 0 radical (unpaired) electrons. The van der Waals surface area contributed by atoms with E-state index in [0.717, 1.165) is 0 Å². The molecule has 1 unspecified atom stereocenters. The van der Waals surface area contributed by atoms with Crippen LogP contribution in [0, 0.1) is 0 Å². The normalized spacial score (nSPS) is 13.1. The van der Waals surface area contributed by atoms with E-state index >= 15 is 0 Å². The van der Waals surface area contributed by atoms with Crippen LogP contribution in [0.4, 0.5) is 0 Å². The third-order valence-electron chi connectivity index (χ3n) is 1.18. The highest BCUT2D eigenvalue weighted by Gasteiger charge is 1.91. The lowest BCUT2D eigenvalue weighted by Gasteiger charge is -2.04. The molecule has 0 amide bonds. The van der Waals surface area contributed by atoms with Crippen LogP contribution in [0.5, 0.6) is 0 Å². The molecule has 1 heterocycles. The average molecular weight is 190 g/mol. The van der Waals surface area contributed by atoms with Gasteiger partial charge in [-0.15, -0.1) is 5.10 Å². The van der Waals surface area contributed by atoms with Gasteiger partial charge in [-0.3, -0.25) is 4.68 Å². The van der Waals surface area contributed by atoms with E-state index in [0.29, 0.717) is 13.0 Å². The maximum atomic E-state index is 9.90. The lowest BCUT2D eigenvalue weighted by atomic mass is 10.5. The standard InChI is InChI=1S/C5H9N3O3S/c9-12(10)11-5-1-3-8-4-2-6-7-8/h2,4H,1,3,5H2,(H,9,10)/p-1. The van der Waals surface area contributed by atoms with Crippen molar-refractivity contribution in [3.8, 4) is 0 Å². The number of hydrogen-bond donors (Lipinski definition) is 0. The molecule has 1 atom stereocenters. The first-order chi connectivity index (χ1) is 5.79. The van der Waals surface area contributed by atoms with Crippen molar-refractivity contribution in [2.75, 3.05) is 6.61 Å². The quantitative estimate of drug-likeness (QED) is 0.461. The number of aromatic nitrogens is 3. The summed E-state index contributed by atoms with van der Waals surface area (Å²) in [5.74, 6) is 0. The van der Waals surface area contributed by atoms with E-state index < -0.39 is 11.4 Å². The summed E-state index contributed by atoms with van der Waals surface area (Å²) in [5, 5.41) is 7.28. The largest absolute Gasteiger partial charge is 0.750 e. The third kappa shape index (κ3) is 3.56. The van der Waals surface area contributed by atoms with Gasteiger partial charge in [0.2, 0.25) is 0 Å². The van der Waals surface area contributed by atoms with Crippen LogP contribution in [0.15, 0.2) is 12.4 Å². The summed E-state index contributed by atoms with van der Waals surface area (Å²) >= 11 is -2.41. The Labute approximate surface area is 72.0 Å². The van der Waals surface area contributed by atoms with E-state index in [1.165, 1.54) is 0 Å². The minimum atomic E-state index is -2.41.